The number of morpholine rings is 1. The molecule has 5 heteroatoms. The third-order valence-electron chi connectivity index (χ3n) is 4.34. The van der Waals surface area contributed by atoms with Gasteiger partial charge in [0.1, 0.15) is 0 Å². The SMILES string of the molecule is CC(NCC1CN2CCCC2CO1)c1cnn(C)c1. The average Bonchev–Trinajstić information content (AvgIpc) is 3.03. The third-order valence-corrected chi connectivity index (χ3v) is 4.34. The van der Waals surface area contributed by atoms with Crippen LogP contribution in [0.15, 0.2) is 12.4 Å². The molecule has 3 heterocycles. The highest BCUT2D eigenvalue weighted by atomic mass is 16.5. The van der Waals surface area contributed by atoms with E-state index >= 15 is 0 Å². The van der Waals surface area contributed by atoms with Gasteiger partial charge in [-0.05, 0) is 26.3 Å². The number of ether oxygens (including phenoxy) is 1. The van der Waals surface area contributed by atoms with Gasteiger partial charge in [-0.25, -0.2) is 0 Å². The zero-order valence-corrected chi connectivity index (χ0v) is 11.9. The molecule has 3 atom stereocenters. The van der Waals surface area contributed by atoms with Crippen molar-refractivity contribution in [2.45, 2.75) is 38.0 Å². The topological polar surface area (TPSA) is 42.3 Å². The second-order valence-electron chi connectivity index (χ2n) is 5.82. The van der Waals surface area contributed by atoms with Gasteiger partial charge in [0.15, 0.2) is 0 Å². The molecule has 0 spiro atoms. The summed E-state index contributed by atoms with van der Waals surface area (Å²) in [7, 11) is 1.95. The minimum atomic E-state index is 0.327. The van der Waals surface area contributed by atoms with Crippen LogP contribution in [0.4, 0.5) is 0 Å². The van der Waals surface area contributed by atoms with Crippen LogP contribution in [-0.2, 0) is 11.8 Å². The molecule has 19 heavy (non-hydrogen) atoms. The van der Waals surface area contributed by atoms with Crippen molar-refractivity contribution in [1.29, 1.82) is 0 Å². The number of fused-ring (bicyclic) bond motifs is 1. The van der Waals surface area contributed by atoms with Gasteiger partial charge in [0.25, 0.3) is 0 Å². The van der Waals surface area contributed by atoms with E-state index < -0.39 is 0 Å². The fraction of sp³-hybridized carbons (Fsp3) is 0.786. The normalized spacial score (nSPS) is 29.4. The maximum atomic E-state index is 5.96. The van der Waals surface area contributed by atoms with Gasteiger partial charge < -0.3 is 10.1 Å². The lowest BCUT2D eigenvalue weighted by Gasteiger charge is -2.35. The van der Waals surface area contributed by atoms with Crippen LogP contribution in [-0.4, -0.2) is 53.1 Å². The Hall–Kier alpha value is -0.910. The second kappa shape index (κ2) is 5.61. The van der Waals surface area contributed by atoms with E-state index in [1.165, 1.54) is 24.9 Å². The fourth-order valence-electron chi connectivity index (χ4n) is 3.10. The Balaban J connectivity index is 1.47. The van der Waals surface area contributed by atoms with Crippen LogP contribution >= 0.6 is 0 Å². The number of nitrogens with zero attached hydrogens (tertiary/aromatic N) is 3. The van der Waals surface area contributed by atoms with Crippen LogP contribution in [0.3, 0.4) is 0 Å². The summed E-state index contributed by atoms with van der Waals surface area (Å²) < 4.78 is 7.81. The van der Waals surface area contributed by atoms with E-state index in [1.807, 2.05) is 17.9 Å². The molecule has 0 amide bonds. The Labute approximate surface area is 114 Å². The van der Waals surface area contributed by atoms with Crippen LogP contribution < -0.4 is 5.32 Å². The van der Waals surface area contributed by atoms with E-state index in [2.05, 4.69) is 28.4 Å². The molecule has 2 saturated heterocycles. The summed E-state index contributed by atoms with van der Waals surface area (Å²) in [5.41, 5.74) is 1.23. The van der Waals surface area contributed by atoms with Crippen molar-refractivity contribution in [2.24, 2.45) is 7.05 Å². The van der Waals surface area contributed by atoms with E-state index in [4.69, 9.17) is 4.74 Å². The van der Waals surface area contributed by atoms with Crippen molar-refractivity contribution in [1.82, 2.24) is 20.0 Å². The summed E-state index contributed by atoms with van der Waals surface area (Å²) >= 11 is 0. The van der Waals surface area contributed by atoms with Gasteiger partial charge in [0.2, 0.25) is 0 Å². The first-order valence-corrected chi connectivity index (χ1v) is 7.30. The number of aryl methyl sites for hydroxylation is 1. The van der Waals surface area contributed by atoms with Crippen LogP contribution in [0.5, 0.6) is 0 Å². The molecule has 5 nitrogen and oxygen atoms in total. The molecule has 2 fully saturated rings. The summed E-state index contributed by atoms with van der Waals surface area (Å²) in [5.74, 6) is 0. The van der Waals surface area contributed by atoms with Crippen molar-refractivity contribution in [2.75, 3.05) is 26.2 Å². The third kappa shape index (κ3) is 2.99. The van der Waals surface area contributed by atoms with Gasteiger partial charge >= 0.3 is 0 Å². The van der Waals surface area contributed by atoms with Gasteiger partial charge in [-0.1, -0.05) is 0 Å². The summed E-state index contributed by atoms with van der Waals surface area (Å²) in [4.78, 5) is 2.59. The Kier molecular flexibility index (Phi) is 3.86. The lowest BCUT2D eigenvalue weighted by Crippen LogP contribution is -2.49. The number of rotatable bonds is 4. The zero-order valence-electron chi connectivity index (χ0n) is 11.9. The van der Waals surface area contributed by atoms with E-state index in [0.717, 1.165) is 19.7 Å². The van der Waals surface area contributed by atoms with Gasteiger partial charge in [0, 0.05) is 44.0 Å². The minimum Gasteiger partial charge on any atom is -0.374 e. The van der Waals surface area contributed by atoms with Crippen molar-refractivity contribution < 1.29 is 4.74 Å². The Bertz CT molecular complexity index is 419. The number of hydrogen-bond donors (Lipinski definition) is 1. The highest BCUT2D eigenvalue weighted by Crippen LogP contribution is 2.22. The molecule has 1 aromatic heterocycles. The summed E-state index contributed by atoms with van der Waals surface area (Å²) in [5, 5.41) is 7.77. The molecule has 2 aliphatic heterocycles. The molecule has 3 unspecified atom stereocenters. The van der Waals surface area contributed by atoms with Crippen LogP contribution in [0.1, 0.15) is 31.4 Å². The molecule has 0 bridgehead atoms. The molecule has 0 aliphatic carbocycles. The first kappa shape index (κ1) is 13.1. The second-order valence-corrected chi connectivity index (χ2v) is 5.82. The molecule has 1 N–H and O–H groups in total. The Morgan fingerprint density at radius 2 is 2.47 bits per heavy atom. The molecule has 1 aromatic rings. The quantitative estimate of drug-likeness (QED) is 0.878. The van der Waals surface area contributed by atoms with Crippen LogP contribution in [0.25, 0.3) is 0 Å². The number of aromatic nitrogens is 2. The van der Waals surface area contributed by atoms with E-state index in [0.29, 0.717) is 18.2 Å². The molecule has 0 aromatic carbocycles. The van der Waals surface area contributed by atoms with Crippen molar-refractivity contribution in [3.63, 3.8) is 0 Å². The summed E-state index contributed by atoms with van der Waals surface area (Å²) in [6.45, 7) is 6.34. The predicted molar refractivity (Wildman–Crippen MR) is 74.0 cm³/mol. The van der Waals surface area contributed by atoms with Crippen molar-refractivity contribution in [3.8, 4) is 0 Å². The highest BCUT2D eigenvalue weighted by molar-refractivity contribution is 5.08. The average molecular weight is 264 g/mol. The molecule has 0 saturated carbocycles. The molecule has 106 valence electrons. The zero-order chi connectivity index (χ0) is 13.2. The molecule has 2 aliphatic rings. The van der Waals surface area contributed by atoms with Gasteiger partial charge in [-0.15, -0.1) is 0 Å². The minimum absolute atomic E-state index is 0.327. The summed E-state index contributed by atoms with van der Waals surface area (Å²) in [6, 6.07) is 1.01. The highest BCUT2D eigenvalue weighted by Gasteiger charge is 2.32. The van der Waals surface area contributed by atoms with E-state index in [-0.39, 0.29) is 0 Å². The lowest BCUT2D eigenvalue weighted by atomic mass is 10.1. The first-order chi connectivity index (χ1) is 9.22. The number of nitrogens with one attached hydrogen (secondary N) is 1. The predicted octanol–water partition coefficient (Wildman–Crippen LogP) is 0.934. The van der Waals surface area contributed by atoms with Gasteiger partial charge in [-0.2, -0.15) is 5.10 Å². The monoisotopic (exact) mass is 264 g/mol. The maximum Gasteiger partial charge on any atom is 0.0827 e. The Morgan fingerprint density at radius 1 is 1.58 bits per heavy atom. The number of hydrogen-bond acceptors (Lipinski definition) is 4. The standard InChI is InChI=1S/C14H24N4O/c1-11(12-6-16-17(2)8-12)15-7-14-9-18-5-3-4-13(18)10-19-14/h6,8,11,13-15H,3-5,7,9-10H2,1-2H3. The lowest BCUT2D eigenvalue weighted by molar-refractivity contribution is -0.0477. The summed E-state index contributed by atoms with van der Waals surface area (Å²) in [6.07, 6.45) is 6.96. The van der Waals surface area contributed by atoms with E-state index in [9.17, 15) is 0 Å². The first-order valence-electron chi connectivity index (χ1n) is 7.30. The smallest absolute Gasteiger partial charge is 0.0827 e. The Morgan fingerprint density at radius 3 is 3.26 bits per heavy atom. The molecule has 3 rings (SSSR count). The fourth-order valence-corrected chi connectivity index (χ4v) is 3.10. The molecular formula is C14H24N4O. The maximum absolute atomic E-state index is 5.96. The van der Waals surface area contributed by atoms with Gasteiger partial charge in [-0.3, -0.25) is 9.58 Å². The molecule has 0 radical (unpaired) electrons. The van der Waals surface area contributed by atoms with Crippen molar-refractivity contribution in [3.05, 3.63) is 18.0 Å². The molecular weight excluding hydrogens is 240 g/mol. The van der Waals surface area contributed by atoms with Crippen molar-refractivity contribution >= 4 is 0 Å². The van der Waals surface area contributed by atoms with Gasteiger partial charge in [0.05, 0.1) is 18.9 Å². The van der Waals surface area contributed by atoms with E-state index in [1.54, 1.807) is 0 Å². The largest absolute Gasteiger partial charge is 0.374 e. The van der Waals surface area contributed by atoms with Crippen LogP contribution in [0.2, 0.25) is 0 Å². The van der Waals surface area contributed by atoms with Crippen LogP contribution in [0, 0.1) is 0 Å².